The van der Waals surface area contributed by atoms with Gasteiger partial charge in [0.1, 0.15) is 25.4 Å². The van der Waals surface area contributed by atoms with Gasteiger partial charge in [-0.3, -0.25) is 32.5 Å². The van der Waals surface area contributed by atoms with E-state index in [0.717, 1.165) is 186 Å². The second-order valence-electron chi connectivity index (χ2n) is 24.7. The number of aliphatic hydroxyl groups is 2. The normalized spacial score (nSPS) is 14.9. The first-order valence-electron chi connectivity index (χ1n) is 37.8. The summed E-state index contributed by atoms with van der Waals surface area (Å²) in [7, 11) is -9.80. The summed E-state index contributed by atoms with van der Waals surface area (Å²) < 4.78 is 61.0. The molecule has 16 nitrogen and oxygen atoms in total. The molecule has 0 fully saturated rings. The minimum absolute atomic E-state index is 0.0857. The van der Waals surface area contributed by atoms with E-state index in [1.807, 2.05) is 0 Å². The Morgan fingerprint density at radius 1 is 0.293 bits per heavy atom. The van der Waals surface area contributed by atoms with Gasteiger partial charge in [-0.05, 0) is 141 Å². The maximum atomic E-state index is 12.9. The molecule has 0 saturated heterocycles. The Morgan fingerprint density at radius 2 is 0.535 bits per heavy atom. The largest absolute Gasteiger partial charge is 0.472 e. The fourth-order valence-corrected chi connectivity index (χ4v) is 11.1. The van der Waals surface area contributed by atoms with Crippen molar-refractivity contribution in [2.45, 2.75) is 296 Å². The van der Waals surface area contributed by atoms with Gasteiger partial charge in [0.2, 0.25) is 0 Å². The van der Waals surface area contributed by atoms with E-state index in [1.165, 1.54) is 32.1 Å². The summed E-state index contributed by atoms with van der Waals surface area (Å²) in [6.45, 7) is 2.35. The fourth-order valence-electron chi connectivity index (χ4n) is 9.50. The van der Waals surface area contributed by atoms with Crippen LogP contribution in [0.15, 0.2) is 158 Å². The van der Waals surface area contributed by atoms with E-state index in [4.69, 9.17) is 32.3 Å². The minimum Gasteiger partial charge on any atom is -0.463 e. The zero-order valence-corrected chi connectivity index (χ0v) is 63.1. The van der Waals surface area contributed by atoms with Crippen molar-refractivity contribution in [1.82, 2.24) is 0 Å². The van der Waals surface area contributed by atoms with Gasteiger partial charge in [-0.1, -0.05) is 275 Å². The van der Waals surface area contributed by atoms with Crippen LogP contribution in [0.3, 0.4) is 0 Å². The SMILES string of the molecule is CC/C=C\C/C=C\C/C=C\C/C=C\C/C=C\C/C=C\CCCCCCCCCCC(=O)OCC(O)COP(=O)(O)OCC(O)COP(=O)(O)OCC(COC(=O)CCCCCCCC/C=C\C/C=C\C/C=C\C/C=C\C/C=C\C/C=C\CC)OC(=O)CCCCCCC/C=C\CCCC. The number of aliphatic hydroxyl groups excluding tert-OH is 2. The van der Waals surface area contributed by atoms with Crippen LogP contribution in [0.25, 0.3) is 0 Å². The predicted octanol–water partition coefficient (Wildman–Crippen LogP) is 21.9. The third kappa shape index (κ3) is 74.2. The summed E-state index contributed by atoms with van der Waals surface area (Å²) >= 11 is 0. The Kier molecular flexibility index (Phi) is 69.4. The smallest absolute Gasteiger partial charge is 0.463 e. The minimum atomic E-state index is -4.94. The average molecular weight is 1430 g/mol. The molecule has 564 valence electrons. The van der Waals surface area contributed by atoms with Crippen molar-refractivity contribution in [3.8, 4) is 0 Å². The van der Waals surface area contributed by atoms with E-state index in [2.05, 4.69) is 179 Å². The molecule has 0 saturated carbocycles. The summed E-state index contributed by atoms with van der Waals surface area (Å²) in [5.41, 5.74) is 0. The molecular formula is C81H134O16P2. The van der Waals surface area contributed by atoms with Gasteiger partial charge in [0.05, 0.1) is 26.4 Å². The quantitative estimate of drug-likeness (QED) is 0.0146. The number of allylic oxidation sites excluding steroid dienone is 26. The zero-order valence-electron chi connectivity index (χ0n) is 61.4. The van der Waals surface area contributed by atoms with Crippen LogP contribution in [0.1, 0.15) is 278 Å². The first-order valence-corrected chi connectivity index (χ1v) is 40.8. The first kappa shape index (κ1) is 94.2. The van der Waals surface area contributed by atoms with Crippen molar-refractivity contribution < 1.29 is 75.8 Å². The molecular weight excluding hydrogens is 1290 g/mol. The van der Waals surface area contributed by atoms with Crippen LogP contribution < -0.4 is 0 Å². The summed E-state index contributed by atoms with van der Waals surface area (Å²) in [5.74, 6) is -1.62. The molecule has 99 heavy (non-hydrogen) atoms. The van der Waals surface area contributed by atoms with E-state index < -0.39 is 91.5 Å². The average Bonchev–Trinajstić information content (AvgIpc) is 1.26. The molecule has 0 heterocycles. The van der Waals surface area contributed by atoms with Crippen molar-refractivity contribution in [3.63, 3.8) is 0 Å². The van der Waals surface area contributed by atoms with Crippen LogP contribution in [0.5, 0.6) is 0 Å². The lowest BCUT2D eigenvalue weighted by atomic mass is 10.1. The van der Waals surface area contributed by atoms with Gasteiger partial charge in [-0.2, -0.15) is 0 Å². The Balaban J connectivity index is 4.54. The van der Waals surface area contributed by atoms with Gasteiger partial charge in [-0.15, -0.1) is 0 Å². The standard InChI is InChI=1S/C81H134O16P2/c1-4-7-10-13-16-19-22-24-26-28-30-32-34-36-37-39-41-42-44-46-48-50-53-55-58-61-64-67-79(84)91-70-76(82)71-93-98(87,88)94-72-77(83)73-95-99(89,90)96-75-78(97-81(86)69-66-63-60-57-52-21-18-15-12-9-6-3)74-92-80(85)68-65-62-59-56-54-51-49-47-45-43-40-38-35-33-31-29-27-25-23-20-17-14-11-8-5-2/h7-8,10-11,15-20,24-27,30-33,36-38,40-42,45,47,76-78,82-83H,4-6,9,12-14,21-23,28-29,34-35,39,43-44,46,48-75H2,1-3H3,(H,87,88)(H,89,90)/b10-7-,11-8-,18-15-,19-16-,20-17-,26-24-,27-25-,32-30-,33-31-,37-36-,40-38-,42-41-,47-45-. The van der Waals surface area contributed by atoms with Crippen molar-refractivity contribution in [2.75, 3.05) is 39.6 Å². The third-order valence-corrected chi connectivity index (χ3v) is 17.1. The molecule has 0 radical (unpaired) electrons. The lowest BCUT2D eigenvalue weighted by molar-refractivity contribution is -0.161. The number of phosphoric acid groups is 2. The van der Waals surface area contributed by atoms with Crippen LogP contribution in [-0.4, -0.2) is 95.9 Å². The first-order chi connectivity index (χ1) is 48.2. The fraction of sp³-hybridized carbons (Fsp3) is 0.642. The number of ether oxygens (including phenoxy) is 3. The highest BCUT2D eigenvalue weighted by Crippen LogP contribution is 2.45. The van der Waals surface area contributed by atoms with Crippen molar-refractivity contribution >= 4 is 33.6 Å². The molecule has 0 aliphatic rings. The van der Waals surface area contributed by atoms with E-state index in [1.54, 1.807) is 0 Å². The third-order valence-electron chi connectivity index (χ3n) is 15.2. The van der Waals surface area contributed by atoms with Gasteiger partial charge in [0, 0.05) is 19.3 Å². The number of carbonyl (C=O) groups is 3. The second-order valence-corrected chi connectivity index (χ2v) is 27.6. The molecule has 0 aromatic rings. The predicted molar refractivity (Wildman–Crippen MR) is 408 cm³/mol. The van der Waals surface area contributed by atoms with Crippen LogP contribution in [0.4, 0.5) is 0 Å². The summed E-state index contributed by atoms with van der Waals surface area (Å²) in [6, 6.07) is 0. The Hall–Kier alpha value is -4.83. The maximum absolute atomic E-state index is 12.9. The molecule has 0 aliphatic carbocycles. The number of esters is 3. The lowest BCUT2D eigenvalue weighted by Gasteiger charge is -2.21. The molecule has 0 amide bonds. The maximum Gasteiger partial charge on any atom is 0.472 e. The molecule has 18 heteroatoms. The number of carbonyl (C=O) groups excluding carboxylic acids is 3. The van der Waals surface area contributed by atoms with E-state index in [9.17, 15) is 43.5 Å². The summed E-state index contributed by atoms with van der Waals surface area (Å²) in [4.78, 5) is 58.5. The van der Waals surface area contributed by atoms with Gasteiger partial charge in [0.15, 0.2) is 6.10 Å². The van der Waals surface area contributed by atoms with Crippen molar-refractivity contribution in [3.05, 3.63) is 158 Å². The van der Waals surface area contributed by atoms with Crippen molar-refractivity contribution in [2.24, 2.45) is 0 Å². The Morgan fingerprint density at radius 3 is 0.859 bits per heavy atom. The molecule has 0 rings (SSSR count). The lowest BCUT2D eigenvalue weighted by Crippen LogP contribution is -2.30. The topological polar surface area (TPSA) is 231 Å². The van der Waals surface area contributed by atoms with E-state index in [-0.39, 0.29) is 19.3 Å². The van der Waals surface area contributed by atoms with Gasteiger partial charge in [-0.25, -0.2) is 9.13 Å². The molecule has 0 aromatic heterocycles. The summed E-state index contributed by atoms with van der Waals surface area (Å²) in [5, 5.41) is 20.6. The Bertz CT molecular complexity index is 2430. The molecule has 0 aromatic carbocycles. The molecule has 5 atom stereocenters. The number of hydrogen-bond donors (Lipinski definition) is 4. The van der Waals surface area contributed by atoms with Crippen LogP contribution in [0.2, 0.25) is 0 Å². The Labute approximate surface area is 600 Å². The number of unbranched alkanes of at least 4 members (excludes halogenated alkanes) is 21. The van der Waals surface area contributed by atoms with Crippen LogP contribution in [-0.2, 0) is 55.8 Å². The highest BCUT2D eigenvalue weighted by Gasteiger charge is 2.29. The molecule has 0 spiro atoms. The highest BCUT2D eigenvalue weighted by atomic mass is 31.2. The molecule has 5 unspecified atom stereocenters. The summed E-state index contributed by atoms with van der Waals surface area (Å²) in [6.07, 6.45) is 90.1. The number of hydrogen-bond acceptors (Lipinski definition) is 14. The molecule has 0 aliphatic heterocycles. The van der Waals surface area contributed by atoms with Gasteiger partial charge >= 0.3 is 33.6 Å². The highest BCUT2D eigenvalue weighted by molar-refractivity contribution is 7.47. The second kappa shape index (κ2) is 72.9. The van der Waals surface area contributed by atoms with E-state index >= 15 is 0 Å². The molecule has 4 N–H and O–H groups in total. The zero-order chi connectivity index (χ0) is 72.3. The van der Waals surface area contributed by atoms with Crippen molar-refractivity contribution in [1.29, 1.82) is 0 Å². The van der Waals surface area contributed by atoms with E-state index in [0.29, 0.717) is 19.3 Å². The molecule has 0 bridgehead atoms. The number of rotatable bonds is 70. The van der Waals surface area contributed by atoms with Gasteiger partial charge in [0.25, 0.3) is 0 Å². The van der Waals surface area contributed by atoms with Gasteiger partial charge < -0.3 is 34.2 Å². The number of phosphoric ester groups is 2. The van der Waals surface area contributed by atoms with Crippen LogP contribution in [0, 0.1) is 0 Å². The van der Waals surface area contributed by atoms with Crippen LogP contribution >= 0.6 is 15.6 Å². The monoisotopic (exact) mass is 1420 g/mol.